The summed E-state index contributed by atoms with van der Waals surface area (Å²) in [5.41, 5.74) is -2.32. The van der Waals surface area contributed by atoms with Crippen LogP contribution in [0.1, 0.15) is 10.4 Å². The van der Waals surface area contributed by atoms with Crippen molar-refractivity contribution < 1.29 is 62.9 Å². The van der Waals surface area contributed by atoms with Crippen molar-refractivity contribution in [2.75, 3.05) is 0 Å². The maximum absolute atomic E-state index is 13.3. The summed E-state index contributed by atoms with van der Waals surface area (Å²) in [6, 6.07) is -3.56. The lowest BCUT2D eigenvalue weighted by Crippen LogP contribution is -2.37. The molecule has 0 fully saturated rings. The molecular formula is C11HF11O3. The van der Waals surface area contributed by atoms with Crippen molar-refractivity contribution in [2.45, 2.75) is 12.1 Å². The van der Waals surface area contributed by atoms with Crippen LogP contribution in [-0.4, -0.2) is 23.2 Å². The van der Waals surface area contributed by atoms with Crippen molar-refractivity contribution in [3.05, 3.63) is 40.7 Å². The van der Waals surface area contributed by atoms with Gasteiger partial charge in [0.15, 0.2) is 17.4 Å². The minimum atomic E-state index is -6.69. The molecule has 3 nitrogen and oxygen atoms in total. The average Bonchev–Trinajstić information content (AvgIpc) is 2.48. The fourth-order valence-corrected chi connectivity index (χ4v) is 1.28. The number of halogens is 11. The van der Waals surface area contributed by atoms with Gasteiger partial charge >= 0.3 is 24.1 Å². The van der Waals surface area contributed by atoms with Gasteiger partial charge in [0.05, 0.1) is 0 Å². The maximum Gasteiger partial charge on any atom is 0.460 e. The minimum absolute atomic E-state index is 2.32. The van der Waals surface area contributed by atoms with Crippen molar-refractivity contribution >= 4 is 5.97 Å². The van der Waals surface area contributed by atoms with Crippen molar-refractivity contribution in [3.63, 3.8) is 0 Å². The van der Waals surface area contributed by atoms with Crippen molar-refractivity contribution in [3.8, 4) is 5.75 Å². The fourth-order valence-electron chi connectivity index (χ4n) is 1.28. The molecule has 0 bridgehead atoms. The lowest BCUT2D eigenvalue weighted by atomic mass is 10.1. The Balaban J connectivity index is 3.60. The van der Waals surface area contributed by atoms with Crippen LogP contribution in [-0.2, 0) is 0 Å². The summed E-state index contributed by atoms with van der Waals surface area (Å²) in [5.74, 6) is -26.8. The number of carbonyl (C=O) groups is 1. The van der Waals surface area contributed by atoms with Crippen LogP contribution in [0.5, 0.6) is 5.75 Å². The van der Waals surface area contributed by atoms with E-state index in [2.05, 4.69) is 4.74 Å². The highest BCUT2D eigenvalue weighted by atomic mass is 19.4. The predicted molar refractivity (Wildman–Crippen MR) is 54.1 cm³/mol. The number of benzene rings is 1. The highest BCUT2D eigenvalue weighted by Gasteiger charge is 2.63. The number of carboxylic acid groups (broad SMARTS) is 1. The van der Waals surface area contributed by atoms with Gasteiger partial charge in [0.25, 0.3) is 5.83 Å². The molecule has 1 rings (SSSR count). The normalized spacial score (nSPS) is 13.6. The van der Waals surface area contributed by atoms with Gasteiger partial charge in [0.1, 0.15) is 5.56 Å². The van der Waals surface area contributed by atoms with E-state index in [4.69, 9.17) is 5.11 Å². The standard InChI is InChI=1S/C11HF11O3/c12-2-1(9(23)24)6(5(15)4(14)3(2)13)25-8(17)7(16)10(18,19)11(20,21)22/h(H,23,24). The lowest BCUT2D eigenvalue weighted by Gasteiger charge is -2.18. The van der Waals surface area contributed by atoms with E-state index in [1.165, 1.54) is 0 Å². The van der Waals surface area contributed by atoms with E-state index in [1.807, 2.05) is 0 Å². The monoisotopic (exact) mass is 390 g/mol. The van der Waals surface area contributed by atoms with Gasteiger partial charge in [-0.3, -0.25) is 0 Å². The third kappa shape index (κ3) is 3.46. The molecule has 0 saturated carbocycles. The lowest BCUT2D eigenvalue weighted by molar-refractivity contribution is -0.272. The molecule has 0 aliphatic carbocycles. The van der Waals surface area contributed by atoms with Crippen LogP contribution in [0.15, 0.2) is 11.8 Å². The third-order valence-corrected chi connectivity index (χ3v) is 2.43. The van der Waals surface area contributed by atoms with E-state index in [0.29, 0.717) is 0 Å². The number of alkyl halides is 5. The molecule has 1 N–H and O–H groups in total. The minimum Gasteiger partial charge on any atom is -0.477 e. The first kappa shape index (κ1) is 20.5. The molecule has 0 unspecified atom stereocenters. The second-order valence-corrected chi connectivity index (χ2v) is 4.03. The second-order valence-electron chi connectivity index (χ2n) is 4.03. The summed E-state index contributed by atoms with van der Waals surface area (Å²) in [7, 11) is 0. The Morgan fingerprint density at radius 3 is 1.68 bits per heavy atom. The van der Waals surface area contributed by atoms with E-state index in [-0.39, 0.29) is 0 Å². The summed E-state index contributed by atoms with van der Waals surface area (Å²) >= 11 is 0. The van der Waals surface area contributed by atoms with Gasteiger partial charge in [-0.05, 0) is 0 Å². The summed E-state index contributed by atoms with van der Waals surface area (Å²) < 4.78 is 142. The molecule has 0 aromatic heterocycles. The van der Waals surface area contributed by atoms with Crippen LogP contribution >= 0.6 is 0 Å². The number of aromatic carboxylic acids is 1. The van der Waals surface area contributed by atoms with Crippen molar-refractivity contribution in [1.29, 1.82) is 0 Å². The number of allylic oxidation sites excluding steroid dienone is 1. The number of hydrogen-bond acceptors (Lipinski definition) is 2. The number of rotatable bonds is 4. The molecule has 0 spiro atoms. The first-order valence-electron chi connectivity index (χ1n) is 5.41. The summed E-state index contributed by atoms with van der Waals surface area (Å²) in [4.78, 5) is 10.6. The largest absolute Gasteiger partial charge is 0.477 e. The Labute approximate surface area is 128 Å². The first-order chi connectivity index (χ1) is 11.1. The molecule has 25 heavy (non-hydrogen) atoms. The van der Waals surface area contributed by atoms with Crippen molar-refractivity contribution in [1.82, 2.24) is 0 Å². The number of carboxylic acids is 1. The molecule has 0 aliphatic heterocycles. The van der Waals surface area contributed by atoms with E-state index >= 15 is 0 Å². The third-order valence-electron chi connectivity index (χ3n) is 2.43. The van der Waals surface area contributed by atoms with Crippen LogP contribution in [0.3, 0.4) is 0 Å². The Bertz CT molecular complexity index is 751. The molecule has 0 aliphatic rings. The Morgan fingerprint density at radius 1 is 0.840 bits per heavy atom. The molecule has 0 amide bonds. The van der Waals surface area contributed by atoms with Gasteiger partial charge in [0, 0.05) is 0 Å². The molecule has 0 atom stereocenters. The van der Waals surface area contributed by atoms with Crippen LogP contribution in [0.2, 0.25) is 0 Å². The van der Waals surface area contributed by atoms with Gasteiger partial charge < -0.3 is 9.84 Å². The van der Waals surface area contributed by atoms with Crippen molar-refractivity contribution in [2.24, 2.45) is 0 Å². The van der Waals surface area contributed by atoms with Gasteiger partial charge in [-0.1, -0.05) is 0 Å². The molecule has 0 saturated heterocycles. The average molecular weight is 390 g/mol. The Hall–Kier alpha value is -2.54. The maximum atomic E-state index is 13.3. The molecule has 140 valence electrons. The highest BCUT2D eigenvalue weighted by Crippen LogP contribution is 2.43. The van der Waals surface area contributed by atoms with Gasteiger partial charge in [0.2, 0.25) is 11.6 Å². The predicted octanol–water partition coefficient (Wildman–Crippen LogP) is 4.63. The molecule has 1 aromatic rings. The molecule has 14 heteroatoms. The van der Waals surface area contributed by atoms with E-state index in [1.54, 1.807) is 0 Å². The smallest absolute Gasteiger partial charge is 0.460 e. The highest BCUT2D eigenvalue weighted by molar-refractivity contribution is 5.91. The Morgan fingerprint density at radius 2 is 1.28 bits per heavy atom. The summed E-state index contributed by atoms with van der Waals surface area (Å²) in [5, 5.41) is 8.49. The van der Waals surface area contributed by atoms with Gasteiger partial charge in [-0.25, -0.2) is 18.0 Å². The van der Waals surface area contributed by atoms with E-state index in [9.17, 15) is 53.1 Å². The van der Waals surface area contributed by atoms with Crippen LogP contribution in [0, 0.1) is 23.3 Å². The quantitative estimate of drug-likeness (QED) is 0.353. The van der Waals surface area contributed by atoms with Gasteiger partial charge in [-0.2, -0.15) is 35.1 Å². The van der Waals surface area contributed by atoms with Crippen LogP contribution in [0.25, 0.3) is 0 Å². The molecule has 0 heterocycles. The molecule has 0 radical (unpaired) electrons. The summed E-state index contributed by atoms with van der Waals surface area (Å²) in [6.07, 6.45) is -6.69. The van der Waals surface area contributed by atoms with E-state index < -0.39 is 64.5 Å². The zero-order chi connectivity index (χ0) is 19.9. The molecule has 1 aromatic carbocycles. The SMILES string of the molecule is O=C(O)c1c(F)c(F)c(F)c(F)c1OC(F)=C(F)C(F)(F)C(F)(F)F. The summed E-state index contributed by atoms with van der Waals surface area (Å²) in [6.45, 7) is 0. The number of ether oxygens (including phenoxy) is 1. The molecular weight excluding hydrogens is 389 g/mol. The first-order valence-corrected chi connectivity index (χ1v) is 5.41. The van der Waals surface area contributed by atoms with Crippen LogP contribution < -0.4 is 4.74 Å². The van der Waals surface area contributed by atoms with Gasteiger partial charge in [-0.15, -0.1) is 0 Å². The zero-order valence-electron chi connectivity index (χ0n) is 10.9. The second kappa shape index (κ2) is 6.40. The number of hydrogen-bond donors (Lipinski definition) is 1. The van der Waals surface area contributed by atoms with Crippen LogP contribution in [0.4, 0.5) is 48.3 Å². The Kier molecular flexibility index (Phi) is 5.25. The topological polar surface area (TPSA) is 46.5 Å². The van der Waals surface area contributed by atoms with E-state index in [0.717, 1.165) is 0 Å². The fraction of sp³-hybridized carbons (Fsp3) is 0.182. The zero-order valence-corrected chi connectivity index (χ0v) is 10.9.